The van der Waals surface area contributed by atoms with Crippen LogP contribution >= 0.6 is 0 Å². The normalized spacial score (nSPS) is 10.1. The number of hydrogen-bond acceptors (Lipinski definition) is 5. The van der Waals surface area contributed by atoms with Crippen LogP contribution < -0.4 is 9.64 Å². The highest BCUT2D eigenvalue weighted by Gasteiger charge is 2.11. The molecule has 2 aromatic rings. The van der Waals surface area contributed by atoms with E-state index in [9.17, 15) is 4.79 Å². The maximum absolute atomic E-state index is 10.9. The Kier molecular flexibility index (Phi) is 4.14. The SMILES string of the molecule is COc1ccccc1CN(C)c1cncc(C(=O)O)n1. The van der Waals surface area contributed by atoms with Crippen molar-refractivity contribution in [3.05, 3.63) is 47.9 Å². The number of para-hydroxylation sites is 1. The molecule has 1 heterocycles. The number of carboxylic acids is 1. The van der Waals surface area contributed by atoms with Gasteiger partial charge in [0.2, 0.25) is 0 Å². The lowest BCUT2D eigenvalue weighted by Crippen LogP contribution is -2.19. The van der Waals surface area contributed by atoms with Crippen LogP contribution in [-0.2, 0) is 6.54 Å². The summed E-state index contributed by atoms with van der Waals surface area (Å²) in [6, 6.07) is 7.64. The minimum Gasteiger partial charge on any atom is -0.496 e. The van der Waals surface area contributed by atoms with Crippen molar-refractivity contribution in [2.24, 2.45) is 0 Å². The summed E-state index contributed by atoms with van der Waals surface area (Å²) in [5.41, 5.74) is 0.911. The Morgan fingerprint density at radius 3 is 2.80 bits per heavy atom. The molecule has 0 aliphatic carbocycles. The molecule has 0 aliphatic heterocycles. The predicted octanol–water partition coefficient (Wildman–Crippen LogP) is 1.82. The first kappa shape index (κ1) is 13.8. The highest BCUT2D eigenvalue weighted by Crippen LogP contribution is 2.20. The molecule has 0 atom stereocenters. The van der Waals surface area contributed by atoms with Crippen LogP contribution in [0.1, 0.15) is 16.1 Å². The van der Waals surface area contributed by atoms with Crippen molar-refractivity contribution in [1.29, 1.82) is 0 Å². The number of nitrogens with zero attached hydrogens (tertiary/aromatic N) is 3. The fourth-order valence-corrected chi connectivity index (χ4v) is 1.81. The van der Waals surface area contributed by atoms with Crippen molar-refractivity contribution in [1.82, 2.24) is 9.97 Å². The summed E-state index contributed by atoms with van der Waals surface area (Å²) in [5.74, 6) is 0.183. The third-order valence-corrected chi connectivity index (χ3v) is 2.83. The predicted molar refractivity (Wildman–Crippen MR) is 74.1 cm³/mol. The summed E-state index contributed by atoms with van der Waals surface area (Å²) in [6.45, 7) is 0.543. The summed E-state index contributed by atoms with van der Waals surface area (Å²) in [6.07, 6.45) is 2.75. The zero-order valence-corrected chi connectivity index (χ0v) is 11.3. The fourth-order valence-electron chi connectivity index (χ4n) is 1.81. The molecule has 6 heteroatoms. The molecule has 1 aromatic carbocycles. The topological polar surface area (TPSA) is 75.5 Å². The smallest absolute Gasteiger partial charge is 0.356 e. The molecule has 104 valence electrons. The number of aromatic carboxylic acids is 1. The zero-order valence-electron chi connectivity index (χ0n) is 11.3. The van der Waals surface area contributed by atoms with Gasteiger partial charge in [0, 0.05) is 19.2 Å². The Bertz CT molecular complexity index is 616. The quantitative estimate of drug-likeness (QED) is 0.895. The van der Waals surface area contributed by atoms with Crippen molar-refractivity contribution in [2.45, 2.75) is 6.54 Å². The second-order valence-corrected chi connectivity index (χ2v) is 4.24. The molecule has 0 spiro atoms. The summed E-state index contributed by atoms with van der Waals surface area (Å²) >= 11 is 0. The van der Waals surface area contributed by atoms with Crippen LogP contribution in [0.3, 0.4) is 0 Å². The second-order valence-electron chi connectivity index (χ2n) is 4.24. The van der Waals surface area contributed by atoms with E-state index in [1.165, 1.54) is 12.4 Å². The molecular formula is C14H15N3O3. The number of aromatic nitrogens is 2. The highest BCUT2D eigenvalue weighted by molar-refractivity contribution is 5.85. The van der Waals surface area contributed by atoms with Gasteiger partial charge in [0.15, 0.2) is 5.69 Å². The van der Waals surface area contributed by atoms with Crippen LogP contribution in [0.25, 0.3) is 0 Å². The van der Waals surface area contributed by atoms with Crippen molar-refractivity contribution in [3.8, 4) is 5.75 Å². The van der Waals surface area contributed by atoms with E-state index in [0.29, 0.717) is 12.4 Å². The van der Waals surface area contributed by atoms with E-state index < -0.39 is 5.97 Å². The number of benzene rings is 1. The van der Waals surface area contributed by atoms with Crippen LogP contribution in [0.15, 0.2) is 36.7 Å². The molecule has 0 aliphatic rings. The number of anilines is 1. The monoisotopic (exact) mass is 273 g/mol. The summed E-state index contributed by atoms with van der Waals surface area (Å²) in [7, 11) is 3.44. The Labute approximate surface area is 116 Å². The molecule has 0 fully saturated rings. The lowest BCUT2D eigenvalue weighted by molar-refractivity contribution is 0.0690. The van der Waals surface area contributed by atoms with Gasteiger partial charge in [-0.3, -0.25) is 4.98 Å². The number of carboxylic acid groups (broad SMARTS) is 1. The third-order valence-electron chi connectivity index (χ3n) is 2.83. The maximum Gasteiger partial charge on any atom is 0.356 e. The van der Waals surface area contributed by atoms with E-state index in [2.05, 4.69) is 9.97 Å². The second kappa shape index (κ2) is 6.01. The Balaban J connectivity index is 2.21. The number of carbonyl (C=O) groups is 1. The first-order valence-electron chi connectivity index (χ1n) is 6.00. The van der Waals surface area contributed by atoms with Gasteiger partial charge in [0.25, 0.3) is 0 Å². The van der Waals surface area contributed by atoms with Crippen molar-refractivity contribution in [2.75, 3.05) is 19.1 Å². The van der Waals surface area contributed by atoms with Gasteiger partial charge < -0.3 is 14.7 Å². The van der Waals surface area contributed by atoms with Gasteiger partial charge in [0.05, 0.1) is 19.5 Å². The van der Waals surface area contributed by atoms with Crippen molar-refractivity contribution in [3.63, 3.8) is 0 Å². The number of methoxy groups -OCH3 is 1. The number of hydrogen-bond donors (Lipinski definition) is 1. The zero-order chi connectivity index (χ0) is 14.5. The lowest BCUT2D eigenvalue weighted by Gasteiger charge is -2.19. The summed E-state index contributed by atoms with van der Waals surface area (Å²) < 4.78 is 5.29. The van der Waals surface area contributed by atoms with E-state index in [1.54, 1.807) is 7.11 Å². The molecule has 0 saturated heterocycles. The molecule has 20 heavy (non-hydrogen) atoms. The van der Waals surface area contributed by atoms with Crippen LogP contribution in [0.2, 0.25) is 0 Å². The van der Waals surface area contributed by atoms with Gasteiger partial charge in [-0.25, -0.2) is 9.78 Å². The Hall–Kier alpha value is -2.63. The molecule has 0 bridgehead atoms. The average Bonchev–Trinajstić information content (AvgIpc) is 2.48. The van der Waals surface area contributed by atoms with E-state index in [4.69, 9.17) is 9.84 Å². The van der Waals surface area contributed by atoms with E-state index >= 15 is 0 Å². The first-order chi connectivity index (χ1) is 9.61. The number of ether oxygens (including phenoxy) is 1. The molecule has 2 rings (SSSR count). The van der Waals surface area contributed by atoms with Gasteiger partial charge in [-0.15, -0.1) is 0 Å². The summed E-state index contributed by atoms with van der Waals surface area (Å²) in [4.78, 5) is 20.7. The van der Waals surface area contributed by atoms with E-state index in [0.717, 1.165) is 11.3 Å². The van der Waals surface area contributed by atoms with E-state index in [-0.39, 0.29) is 5.69 Å². The Morgan fingerprint density at radius 1 is 1.35 bits per heavy atom. The average molecular weight is 273 g/mol. The van der Waals surface area contributed by atoms with Crippen molar-refractivity contribution >= 4 is 11.8 Å². The lowest BCUT2D eigenvalue weighted by atomic mass is 10.2. The molecule has 0 unspecified atom stereocenters. The largest absolute Gasteiger partial charge is 0.496 e. The van der Waals surface area contributed by atoms with Gasteiger partial charge in [-0.05, 0) is 6.07 Å². The van der Waals surface area contributed by atoms with Gasteiger partial charge in [-0.1, -0.05) is 18.2 Å². The maximum atomic E-state index is 10.9. The van der Waals surface area contributed by atoms with Crippen LogP contribution in [0.5, 0.6) is 5.75 Å². The van der Waals surface area contributed by atoms with Gasteiger partial charge >= 0.3 is 5.97 Å². The highest BCUT2D eigenvalue weighted by atomic mass is 16.5. The molecule has 0 radical (unpaired) electrons. The van der Waals surface area contributed by atoms with Crippen LogP contribution in [0.4, 0.5) is 5.82 Å². The van der Waals surface area contributed by atoms with Gasteiger partial charge in [-0.2, -0.15) is 0 Å². The standard InChI is InChI=1S/C14H15N3O3/c1-17(9-10-5-3-4-6-12(10)20-2)13-8-15-7-11(16-13)14(18)19/h3-8H,9H2,1-2H3,(H,18,19). The summed E-state index contributed by atoms with van der Waals surface area (Å²) in [5, 5.41) is 8.92. The molecule has 0 saturated carbocycles. The fraction of sp³-hybridized carbons (Fsp3) is 0.214. The molecule has 1 aromatic heterocycles. The number of rotatable bonds is 5. The molecule has 1 N–H and O–H groups in total. The molecule has 6 nitrogen and oxygen atoms in total. The third kappa shape index (κ3) is 3.03. The van der Waals surface area contributed by atoms with Crippen LogP contribution in [0, 0.1) is 0 Å². The van der Waals surface area contributed by atoms with Gasteiger partial charge in [0.1, 0.15) is 11.6 Å². The first-order valence-corrected chi connectivity index (χ1v) is 6.00. The molecular weight excluding hydrogens is 258 g/mol. The minimum absolute atomic E-state index is 0.0747. The van der Waals surface area contributed by atoms with E-state index in [1.807, 2.05) is 36.2 Å². The van der Waals surface area contributed by atoms with Crippen molar-refractivity contribution < 1.29 is 14.6 Å². The molecule has 0 amide bonds. The van der Waals surface area contributed by atoms with Crippen LogP contribution in [-0.4, -0.2) is 35.2 Å². The minimum atomic E-state index is -1.09. The Morgan fingerprint density at radius 2 is 2.10 bits per heavy atom.